The summed E-state index contributed by atoms with van der Waals surface area (Å²) in [5.41, 5.74) is 3.91. The molecule has 3 nitrogen and oxygen atoms in total. The van der Waals surface area contributed by atoms with E-state index < -0.39 is 0 Å². The van der Waals surface area contributed by atoms with Crippen LogP contribution in [0.25, 0.3) is 0 Å². The number of nitrogens with zero attached hydrogens (tertiary/aromatic N) is 3. The van der Waals surface area contributed by atoms with Gasteiger partial charge in [0.15, 0.2) is 0 Å². The summed E-state index contributed by atoms with van der Waals surface area (Å²) in [4.78, 5) is 13.2. The predicted octanol–water partition coefficient (Wildman–Crippen LogP) is 5.24. The molecule has 2 aromatic rings. The fraction of sp³-hybridized carbons (Fsp3) is 0.550. The molecule has 0 aliphatic carbocycles. The van der Waals surface area contributed by atoms with Gasteiger partial charge in [-0.15, -0.1) is 0 Å². The molecular formula is C20H29N3. The van der Waals surface area contributed by atoms with Crippen molar-refractivity contribution in [3.8, 4) is 0 Å². The first-order chi connectivity index (χ1) is 11.0. The normalized spacial score (nSPS) is 14.0. The summed E-state index contributed by atoms with van der Waals surface area (Å²) in [6.45, 7) is 11.1. The van der Waals surface area contributed by atoms with Crippen molar-refractivity contribution in [3.63, 3.8) is 0 Å². The van der Waals surface area contributed by atoms with Crippen molar-refractivity contribution >= 4 is 0 Å². The van der Waals surface area contributed by atoms with Gasteiger partial charge in [-0.1, -0.05) is 40.7 Å². The van der Waals surface area contributed by atoms with E-state index in [4.69, 9.17) is 0 Å². The number of hydrogen-bond acceptors (Lipinski definition) is 3. The van der Waals surface area contributed by atoms with Gasteiger partial charge in [-0.25, -0.2) is 9.97 Å². The monoisotopic (exact) mass is 311 g/mol. The Morgan fingerprint density at radius 1 is 0.783 bits per heavy atom. The second-order valence-corrected chi connectivity index (χ2v) is 6.87. The standard InChI is InChI=1S/C20H29N3/c1-6-20-22-12-19(13-23-20)16(5)8-7-15(4)18-9-17(14(2)3)10-21-11-18/h9-16H,6-8H2,1-5H3. The molecule has 0 spiro atoms. The van der Waals surface area contributed by atoms with E-state index >= 15 is 0 Å². The van der Waals surface area contributed by atoms with Gasteiger partial charge >= 0.3 is 0 Å². The van der Waals surface area contributed by atoms with E-state index in [1.165, 1.54) is 16.7 Å². The molecule has 0 aromatic carbocycles. The molecule has 2 aromatic heterocycles. The molecule has 2 unspecified atom stereocenters. The fourth-order valence-electron chi connectivity index (χ4n) is 2.70. The predicted molar refractivity (Wildman–Crippen MR) is 95.8 cm³/mol. The fourth-order valence-corrected chi connectivity index (χ4v) is 2.70. The lowest BCUT2D eigenvalue weighted by Gasteiger charge is -2.17. The minimum atomic E-state index is 0.490. The average Bonchev–Trinajstić information content (AvgIpc) is 2.59. The summed E-state index contributed by atoms with van der Waals surface area (Å²) in [6, 6.07) is 2.31. The van der Waals surface area contributed by atoms with Crippen molar-refractivity contribution in [3.05, 3.63) is 53.4 Å². The van der Waals surface area contributed by atoms with Gasteiger partial charge in [0.05, 0.1) is 0 Å². The Morgan fingerprint density at radius 3 is 1.91 bits per heavy atom. The van der Waals surface area contributed by atoms with Crippen LogP contribution in [0.1, 0.15) is 87.7 Å². The van der Waals surface area contributed by atoms with Crippen LogP contribution in [0.15, 0.2) is 30.9 Å². The van der Waals surface area contributed by atoms with Crippen LogP contribution < -0.4 is 0 Å². The van der Waals surface area contributed by atoms with Crippen LogP contribution in [0, 0.1) is 0 Å². The molecule has 124 valence electrons. The van der Waals surface area contributed by atoms with Crippen LogP contribution in [-0.4, -0.2) is 15.0 Å². The Kier molecular flexibility index (Phi) is 6.26. The molecule has 3 heteroatoms. The SMILES string of the molecule is CCc1ncc(C(C)CCC(C)c2cncc(C(C)C)c2)cn1. The lowest BCUT2D eigenvalue weighted by Crippen LogP contribution is -2.02. The first kappa shape index (κ1) is 17.6. The van der Waals surface area contributed by atoms with Crippen LogP contribution in [0.3, 0.4) is 0 Å². The number of rotatable bonds is 7. The van der Waals surface area contributed by atoms with Crippen molar-refractivity contribution in [1.82, 2.24) is 15.0 Å². The van der Waals surface area contributed by atoms with Crippen molar-refractivity contribution in [2.24, 2.45) is 0 Å². The van der Waals surface area contributed by atoms with Crippen molar-refractivity contribution in [1.29, 1.82) is 0 Å². The maximum absolute atomic E-state index is 4.41. The van der Waals surface area contributed by atoms with Crippen LogP contribution in [0.2, 0.25) is 0 Å². The molecule has 0 N–H and O–H groups in total. The molecule has 23 heavy (non-hydrogen) atoms. The van der Waals surface area contributed by atoms with E-state index in [0.717, 1.165) is 25.1 Å². The van der Waals surface area contributed by atoms with E-state index in [1.807, 2.05) is 24.8 Å². The minimum Gasteiger partial charge on any atom is -0.264 e. The molecule has 2 atom stereocenters. The number of aryl methyl sites for hydroxylation is 1. The smallest absolute Gasteiger partial charge is 0.127 e. The van der Waals surface area contributed by atoms with Crippen LogP contribution in [-0.2, 0) is 6.42 Å². The second kappa shape index (κ2) is 8.19. The van der Waals surface area contributed by atoms with Gasteiger partial charge in [0, 0.05) is 31.2 Å². The van der Waals surface area contributed by atoms with Gasteiger partial charge in [0.1, 0.15) is 5.82 Å². The zero-order valence-corrected chi connectivity index (χ0v) is 15.1. The molecule has 0 saturated heterocycles. The van der Waals surface area contributed by atoms with Crippen molar-refractivity contribution in [2.45, 2.75) is 71.6 Å². The Morgan fingerprint density at radius 2 is 1.35 bits per heavy atom. The third-order valence-corrected chi connectivity index (χ3v) is 4.66. The topological polar surface area (TPSA) is 38.7 Å². The zero-order chi connectivity index (χ0) is 16.8. The molecule has 2 heterocycles. The average molecular weight is 311 g/mol. The molecule has 0 fully saturated rings. The summed E-state index contributed by atoms with van der Waals surface area (Å²) < 4.78 is 0. The maximum Gasteiger partial charge on any atom is 0.127 e. The number of pyridine rings is 1. The summed E-state index contributed by atoms with van der Waals surface area (Å²) in [5.74, 6) is 2.47. The molecule has 0 bridgehead atoms. The quantitative estimate of drug-likeness (QED) is 0.701. The van der Waals surface area contributed by atoms with E-state index in [-0.39, 0.29) is 0 Å². The van der Waals surface area contributed by atoms with Crippen LogP contribution in [0.4, 0.5) is 0 Å². The first-order valence-corrected chi connectivity index (χ1v) is 8.76. The Balaban J connectivity index is 1.95. The third kappa shape index (κ3) is 4.85. The van der Waals surface area contributed by atoms with Crippen LogP contribution >= 0.6 is 0 Å². The van der Waals surface area contributed by atoms with Crippen molar-refractivity contribution in [2.75, 3.05) is 0 Å². The van der Waals surface area contributed by atoms with Gasteiger partial charge in [0.2, 0.25) is 0 Å². The molecule has 2 rings (SSSR count). The van der Waals surface area contributed by atoms with Gasteiger partial charge in [-0.3, -0.25) is 4.98 Å². The largest absolute Gasteiger partial charge is 0.264 e. The van der Waals surface area contributed by atoms with Gasteiger partial charge < -0.3 is 0 Å². The highest BCUT2D eigenvalue weighted by molar-refractivity contribution is 5.23. The summed E-state index contributed by atoms with van der Waals surface area (Å²) in [6.07, 6.45) is 11.2. The molecule has 0 radical (unpaired) electrons. The summed E-state index contributed by atoms with van der Waals surface area (Å²) in [7, 11) is 0. The third-order valence-electron chi connectivity index (χ3n) is 4.66. The highest BCUT2D eigenvalue weighted by Crippen LogP contribution is 2.28. The molecular weight excluding hydrogens is 282 g/mol. The summed E-state index contributed by atoms with van der Waals surface area (Å²) in [5, 5.41) is 0. The summed E-state index contributed by atoms with van der Waals surface area (Å²) >= 11 is 0. The van der Waals surface area contributed by atoms with E-state index in [1.54, 1.807) is 0 Å². The van der Waals surface area contributed by atoms with E-state index in [2.05, 4.69) is 55.6 Å². The highest BCUT2D eigenvalue weighted by Gasteiger charge is 2.12. The van der Waals surface area contributed by atoms with Gasteiger partial charge in [0.25, 0.3) is 0 Å². The second-order valence-electron chi connectivity index (χ2n) is 6.87. The van der Waals surface area contributed by atoms with Gasteiger partial charge in [-0.2, -0.15) is 0 Å². The van der Waals surface area contributed by atoms with E-state index in [9.17, 15) is 0 Å². The Bertz CT molecular complexity index is 605. The van der Waals surface area contributed by atoms with Crippen LogP contribution in [0.5, 0.6) is 0 Å². The molecule has 0 aliphatic heterocycles. The van der Waals surface area contributed by atoms with E-state index in [0.29, 0.717) is 17.8 Å². The minimum absolute atomic E-state index is 0.490. The Hall–Kier alpha value is -1.77. The Labute approximate surface area is 140 Å². The lowest BCUT2D eigenvalue weighted by atomic mass is 9.89. The number of hydrogen-bond donors (Lipinski definition) is 0. The lowest BCUT2D eigenvalue weighted by molar-refractivity contribution is 0.569. The van der Waals surface area contributed by atoms with Gasteiger partial charge in [-0.05, 0) is 47.3 Å². The number of aromatic nitrogens is 3. The highest BCUT2D eigenvalue weighted by atomic mass is 14.9. The molecule has 0 saturated carbocycles. The molecule has 0 aliphatic rings. The maximum atomic E-state index is 4.41. The zero-order valence-electron chi connectivity index (χ0n) is 15.1. The molecule has 0 amide bonds. The first-order valence-electron chi connectivity index (χ1n) is 8.76. The van der Waals surface area contributed by atoms with Crippen molar-refractivity contribution < 1.29 is 0 Å².